The zero-order chi connectivity index (χ0) is 18.0. The molecule has 0 aliphatic carbocycles. The van der Waals surface area contributed by atoms with E-state index in [0.29, 0.717) is 36.6 Å². The number of hydrogen-bond acceptors (Lipinski definition) is 5. The number of rotatable bonds is 6. The van der Waals surface area contributed by atoms with E-state index in [1.165, 1.54) is 0 Å². The Labute approximate surface area is 152 Å². The Hall–Kier alpha value is -1.89. The number of nitrogens with one attached hydrogen (secondary N) is 1. The van der Waals surface area contributed by atoms with Crippen molar-refractivity contribution in [1.82, 2.24) is 10.2 Å². The minimum atomic E-state index is -0.351. The molecule has 1 aromatic carbocycles. The highest BCUT2D eigenvalue weighted by molar-refractivity contribution is 8.01. The van der Waals surface area contributed by atoms with Crippen molar-refractivity contribution in [2.24, 2.45) is 0 Å². The maximum absolute atomic E-state index is 12.5. The molecule has 6 nitrogen and oxygen atoms in total. The predicted octanol–water partition coefficient (Wildman–Crippen LogP) is 1.82. The first kappa shape index (κ1) is 17.9. The quantitative estimate of drug-likeness (QED) is 0.834. The number of fused-ring (bicyclic) bond motifs is 1. The molecule has 2 heterocycles. The van der Waals surface area contributed by atoms with Gasteiger partial charge in [0.1, 0.15) is 6.04 Å². The molecular formula is C18H24N2O4S. The summed E-state index contributed by atoms with van der Waals surface area (Å²) in [4.78, 5) is 26.2. The fourth-order valence-electron chi connectivity index (χ4n) is 3.50. The Morgan fingerprint density at radius 1 is 1.36 bits per heavy atom. The third-order valence-corrected chi connectivity index (χ3v) is 6.41. The Morgan fingerprint density at radius 2 is 2.12 bits per heavy atom. The van der Waals surface area contributed by atoms with Crippen LogP contribution in [0.3, 0.4) is 0 Å². The summed E-state index contributed by atoms with van der Waals surface area (Å²) in [5.41, 5.74) is 1.06. The van der Waals surface area contributed by atoms with E-state index < -0.39 is 0 Å². The highest BCUT2D eigenvalue weighted by Crippen LogP contribution is 2.47. The number of amides is 2. The molecule has 2 aliphatic rings. The Morgan fingerprint density at radius 3 is 2.84 bits per heavy atom. The van der Waals surface area contributed by atoms with Crippen LogP contribution in [-0.2, 0) is 16.0 Å². The van der Waals surface area contributed by atoms with Gasteiger partial charge < -0.3 is 19.7 Å². The number of thioether (sulfide) groups is 1. The summed E-state index contributed by atoms with van der Waals surface area (Å²) < 4.78 is 10.5. The second-order valence-corrected chi connectivity index (χ2v) is 8.00. The first-order valence-electron chi connectivity index (χ1n) is 8.43. The molecule has 1 N–H and O–H groups in total. The molecule has 1 aromatic rings. The van der Waals surface area contributed by atoms with Crippen molar-refractivity contribution in [2.45, 2.75) is 37.1 Å². The minimum Gasteiger partial charge on any atom is -0.493 e. The molecule has 2 amide bonds. The monoisotopic (exact) mass is 364 g/mol. The van der Waals surface area contributed by atoms with E-state index in [2.05, 4.69) is 12.2 Å². The molecule has 2 aliphatic heterocycles. The Bertz CT molecular complexity index is 681. The Balaban J connectivity index is 1.56. The molecule has 0 spiro atoms. The first-order valence-corrected chi connectivity index (χ1v) is 9.42. The Kier molecular flexibility index (Phi) is 5.13. The van der Waals surface area contributed by atoms with E-state index >= 15 is 0 Å². The second kappa shape index (κ2) is 7.15. The number of carbonyl (C=O) groups is 2. The van der Waals surface area contributed by atoms with Crippen LogP contribution in [0.2, 0.25) is 0 Å². The summed E-state index contributed by atoms with van der Waals surface area (Å²) in [7, 11) is 3.20. The predicted molar refractivity (Wildman–Crippen MR) is 97.0 cm³/mol. The number of carbonyl (C=O) groups excluding carboxylic acids is 2. The molecule has 2 fully saturated rings. The largest absolute Gasteiger partial charge is 0.493 e. The molecule has 7 heteroatoms. The van der Waals surface area contributed by atoms with Crippen molar-refractivity contribution in [1.29, 1.82) is 0 Å². The van der Waals surface area contributed by atoms with Crippen LogP contribution in [0.25, 0.3) is 0 Å². The molecule has 0 saturated carbocycles. The third kappa shape index (κ3) is 3.42. The number of benzene rings is 1. The molecular weight excluding hydrogens is 340 g/mol. The van der Waals surface area contributed by atoms with Gasteiger partial charge in [0.2, 0.25) is 11.8 Å². The van der Waals surface area contributed by atoms with Gasteiger partial charge in [0.15, 0.2) is 11.5 Å². The molecule has 0 aromatic heterocycles. The van der Waals surface area contributed by atoms with Gasteiger partial charge in [0, 0.05) is 18.7 Å². The SMILES string of the molecule is COc1ccc(CCNC(=O)[C@@H]2CS[C@]3(C)CCC(=O)N23)cc1OC. The second-order valence-electron chi connectivity index (χ2n) is 6.50. The highest BCUT2D eigenvalue weighted by atomic mass is 32.2. The van der Waals surface area contributed by atoms with E-state index in [1.807, 2.05) is 18.2 Å². The summed E-state index contributed by atoms with van der Waals surface area (Å²) in [5.74, 6) is 2.06. The van der Waals surface area contributed by atoms with Crippen LogP contribution in [-0.4, -0.2) is 54.1 Å². The van der Waals surface area contributed by atoms with Crippen LogP contribution >= 0.6 is 11.8 Å². The highest BCUT2D eigenvalue weighted by Gasteiger charge is 2.52. The van der Waals surface area contributed by atoms with Gasteiger partial charge in [-0.3, -0.25) is 9.59 Å². The van der Waals surface area contributed by atoms with Crippen molar-refractivity contribution in [3.63, 3.8) is 0 Å². The summed E-state index contributed by atoms with van der Waals surface area (Å²) in [5, 5.41) is 2.97. The van der Waals surface area contributed by atoms with Crippen molar-refractivity contribution < 1.29 is 19.1 Å². The molecule has 0 radical (unpaired) electrons. The minimum absolute atomic E-state index is 0.0630. The zero-order valence-corrected chi connectivity index (χ0v) is 15.6. The summed E-state index contributed by atoms with van der Waals surface area (Å²) in [6.45, 7) is 2.58. The summed E-state index contributed by atoms with van der Waals surface area (Å²) in [6, 6.07) is 5.38. The lowest BCUT2D eigenvalue weighted by Gasteiger charge is -2.29. The fraction of sp³-hybridized carbons (Fsp3) is 0.556. The number of methoxy groups -OCH3 is 2. The average molecular weight is 364 g/mol. The average Bonchev–Trinajstić information content (AvgIpc) is 3.11. The van der Waals surface area contributed by atoms with Gasteiger partial charge in [-0.15, -0.1) is 11.8 Å². The van der Waals surface area contributed by atoms with Gasteiger partial charge in [-0.1, -0.05) is 6.07 Å². The normalized spacial score (nSPS) is 25.0. The standard InChI is InChI=1S/C18H24N2O4S/c1-18-8-6-16(21)20(18)13(11-25-18)17(22)19-9-7-12-4-5-14(23-2)15(10-12)24-3/h4-5,10,13H,6-9,11H2,1-3H3,(H,19,22)/t13-,18+/m0/s1. The number of hydrogen-bond donors (Lipinski definition) is 1. The molecule has 2 saturated heterocycles. The number of ether oxygens (including phenoxy) is 2. The van der Waals surface area contributed by atoms with Crippen molar-refractivity contribution in [2.75, 3.05) is 26.5 Å². The van der Waals surface area contributed by atoms with E-state index in [0.717, 1.165) is 12.0 Å². The van der Waals surface area contributed by atoms with Crippen LogP contribution in [0.15, 0.2) is 18.2 Å². The van der Waals surface area contributed by atoms with Crippen molar-refractivity contribution in [3.05, 3.63) is 23.8 Å². The maximum Gasteiger partial charge on any atom is 0.243 e. The lowest BCUT2D eigenvalue weighted by molar-refractivity contribution is -0.137. The molecule has 2 atom stereocenters. The van der Waals surface area contributed by atoms with Gasteiger partial charge in [0.25, 0.3) is 0 Å². The smallest absolute Gasteiger partial charge is 0.243 e. The van der Waals surface area contributed by atoms with E-state index in [9.17, 15) is 9.59 Å². The first-order chi connectivity index (χ1) is 12.0. The number of nitrogens with zero attached hydrogens (tertiary/aromatic N) is 1. The van der Waals surface area contributed by atoms with Crippen molar-refractivity contribution in [3.8, 4) is 11.5 Å². The van der Waals surface area contributed by atoms with Gasteiger partial charge in [-0.25, -0.2) is 0 Å². The zero-order valence-electron chi connectivity index (χ0n) is 14.8. The molecule has 25 heavy (non-hydrogen) atoms. The fourth-order valence-corrected chi connectivity index (χ4v) is 4.93. The van der Waals surface area contributed by atoms with E-state index in [-0.39, 0.29) is 22.7 Å². The topological polar surface area (TPSA) is 67.9 Å². The van der Waals surface area contributed by atoms with Crippen LogP contribution in [0.5, 0.6) is 11.5 Å². The van der Waals surface area contributed by atoms with Crippen molar-refractivity contribution >= 4 is 23.6 Å². The summed E-state index contributed by atoms with van der Waals surface area (Å²) >= 11 is 1.71. The molecule has 0 bridgehead atoms. The molecule has 3 rings (SSSR count). The van der Waals surface area contributed by atoms with Crippen LogP contribution in [0.1, 0.15) is 25.3 Å². The maximum atomic E-state index is 12.5. The lowest BCUT2D eigenvalue weighted by atomic mass is 10.1. The molecule has 136 valence electrons. The lowest BCUT2D eigenvalue weighted by Crippen LogP contribution is -2.50. The van der Waals surface area contributed by atoms with Crippen LogP contribution < -0.4 is 14.8 Å². The third-order valence-electron chi connectivity index (χ3n) is 4.91. The van der Waals surface area contributed by atoms with Gasteiger partial charge in [0.05, 0.1) is 19.1 Å². The van der Waals surface area contributed by atoms with Gasteiger partial charge >= 0.3 is 0 Å². The molecule has 0 unspecified atom stereocenters. The summed E-state index contributed by atoms with van der Waals surface area (Å²) in [6.07, 6.45) is 2.06. The van der Waals surface area contributed by atoms with Crippen LogP contribution in [0, 0.1) is 0 Å². The van der Waals surface area contributed by atoms with E-state index in [4.69, 9.17) is 9.47 Å². The van der Waals surface area contributed by atoms with Crippen LogP contribution in [0.4, 0.5) is 0 Å². The van der Waals surface area contributed by atoms with Gasteiger partial charge in [-0.05, 0) is 37.5 Å². The van der Waals surface area contributed by atoms with E-state index in [1.54, 1.807) is 30.9 Å². The van der Waals surface area contributed by atoms with Gasteiger partial charge in [-0.2, -0.15) is 0 Å².